The predicted molar refractivity (Wildman–Crippen MR) is 83.7 cm³/mol. The summed E-state index contributed by atoms with van der Waals surface area (Å²) in [5.74, 6) is -1.57. The first-order chi connectivity index (χ1) is 10.6. The van der Waals surface area contributed by atoms with Crippen LogP contribution in [0.4, 0.5) is 0 Å². The van der Waals surface area contributed by atoms with E-state index in [2.05, 4.69) is 4.98 Å². The van der Waals surface area contributed by atoms with Crippen LogP contribution in [0.15, 0.2) is 35.8 Å². The molecule has 0 radical (unpaired) electrons. The van der Waals surface area contributed by atoms with Gasteiger partial charge < -0.3 is 10.0 Å². The predicted octanol–water partition coefficient (Wildman–Crippen LogP) is 2.60. The molecule has 0 saturated carbocycles. The lowest BCUT2D eigenvalue weighted by Crippen LogP contribution is -2.30. The van der Waals surface area contributed by atoms with Gasteiger partial charge in [0.15, 0.2) is 0 Å². The van der Waals surface area contributed by atoms with E-state index in [0.717, 1.165) is 10.4 Å². The van der Waals surface area contributed by atoms with Gasteiger partial charge in [0.25, 0.3) is 5.91 Å². The zero-order valence-corrected chi connectivity index (χ0v) is 12.9. The van der Waals surface area contributed by atoms with E-state index in [1.807, 2.05) is 37.3 Å². The number of amides is 1. The Morgan fingerprint density at radius 3 is 2.64 bits per heavy atom. The van der Waals surface area contributed by atoms with Crippen molar-refractivity contribution in [1.29, 1.82) is 0 Å². The highest BCUT2D eigenvalue weighted by molar-refractivity contribution is 7.13. The number of carboxylic acids is 1. The summed E-state index contributed by atoms with van der Waals surface area (Å²) in [7, 11) is 0. The van der Waals surface area contributed by atoms with Gasteiger partial charge in [0.05, 0.1) is 16.3 Å². The van der Waals surface area contributed by atoms with Crippen LogP contribution in [0, 0.1) is 11.8 Å². The third-order valence-corrected chi connectivity index (χ3v) is 4.90. The summed E-state index contributed by atoms with van der Waals surface area (Å²) < 4.78 is 0. The summed E-state index contributed by atoms with van der Waals surface area (Å²) in [5.41, 5.74) is 3.02. The number of thiazole rings is 1. The molecule has 2 heterocycles. The Bertz CT molecular complexity index is 698. The highest BCUT2D eigenvalue weighted by atomic mass is 32.1. The molecule has 1 fully saturated rings. The summed E-state index contributed by atoms with van der Waals surface area (Å²) >= 11 is 1.42. The third kappa shape index (κ3) is 2.62. The fraction of sp³-hybridized carbons (Fsp3) is 0.312. The highest BCUT2D eigenvalue weighted by Gasteiger charge is 2.38. The molecule has 0 bridgehead atoms. The van der Waals surface area contributed by atoms with Crippen molar-refractivity contribution >= 4 is 23.2 Å². The minimum Gasteiger partial charge on any atom is -0.481 e. The molecule has 1 amide bonds. The molecule has 1 N–H and O–H groups in total. The molecule has 5 nitrogen and oxygen atoms in total. The van der Waals surface area contributed by atoms with Gasteiger partial charge in [0.2, 0.25) is 0 Å². The average molecular weight is 316 g/mol. The maximum Gasteiger partial charge on any atom is 0.308 e. The molecular formula is C16H16N2O3S. The van der Waals surface area contributed by atoms with E-state index in [4.69, 9.17) is 0 Å². The zero-order chi connectivity index (χ0) is 15.7. The van der Waals surface area contributed by atoms with Gasteiger partial charge in [-0.05, 0) is 11.5 Å². The first-order valence-corrected chi connectivity index (χ1v) is 7.97. The molecular weight excluding hydrogens is 300 g/mol. The van der Waals surface area contributed by atoms with Gasteiger partial charge in [0, 0.05) is 13.1 Å². The second kappa shape index (κ2) is 5.88. The van der Waals surface area contributed by atoms with E-state index >= 15 is 0 Å². The molecule has 1 aromatic carbocycles. The topological polar surface area (TPSA) is 70.5 Å². The molecule has 0 spiro atoms. The number of rotatable bonds is 3. The monoisotopic (exact) mass is 316 g/mol. The van der Waals surface area contributed by atoms with Crippen LogP contribution in [0.2, 0.25) is 0 Å². The van der Waals surface area contributed by atoms with Crippen molar-refractivity contribution in [3.63, 3.8) is 0 Å². The Kier molecular flexibility index (Phi) is 3.94. The van der Waals surface area contributed by atoms with Gasteiger partial charge in [-0.1, -0.05) is 37.3 Å². The second-order valence-electron chi connectivity index (χ2n) is 5.53. The quantitative estimate of drug-likeness (QED) is 0.945. The molecule has 0 aliphatic carbocycles. The van der Waals surface area contributed by atoms with Crippen LogP contribution in [0.3, 0.4) is 0 Å². The molecule has 1 saturated heterocycles. The summed E-state index contributed by atoms with van der Waals surface area (Å²) in [5, 5.41) is 9.19. The van der Waals surface area contributed by atoms with E-state index < -0.39 is 11.9 Å². The van der Waals surface area contributed by atoms with Crippen molar-refractivity contribution in [2.24, 2.45) is 11.8 Å². The van der Waals surface area contributed by atoms with E-state index in [-0.39, 0.29) is 18.4 Å². The number of carboxylic acid groups (broad SMARTS) is 1. The van der Waals surface area contributed by atoms with Crippen molar-refractivity contribution in [2.45, 2.75) is 6.92 Å². The van der Waals surface area contributed by atoms with Crippen molar-refractivity contribution in [3.8, 4) is 10.4 Å². The van der Waals surface area contributed by atoms with Crippen LogP contribution in [-0.2, 0) is 4.79 Å². The Labute approximate surface area is 132 Å². The van der Waals surface area contributed by atoms with E-state index in [0.29, 0.717) is 12.2 Å². The number of hydrogen-bond acceptors (Lipinski definition) is 4. The number of aliphatic carboxylic acids is 1. The van der Waals surface area contributed by atoms with Crippen molar-refractivity contribution in [2.75, 3.05) is 13.1 Å². The number of carbonyl (C=O) groups is 2. The molecule has 0 unspecified atom stereocenters. The fourth-order valence-electron chi connectivity index (χ4n) is 2.80. The molecule has 3 rings (SSSR count). The lowest BCUT2D eigenvalue weighted by molar-refractivity contribution is -0.142. The van der Waals surface area contributed by atoms with Gasteiger partial charge in [-0.2, -0.15) is 0 Å². The molecule has 22 heavy (non-hydrogen) atoms. The standard InChI is InChI=1S/C16H16N2O3S/c1-10-7-18(8-12(10)16(20)21)15(19)13-14(22-9-17-13)11-5-3-2-4-6-11/h2-6,9-10,12H,7-8H2,1H3,(H,20,21)/t10-,12-/m1/s1. The Morgan fingerprint density at radius 2 is 2.00 bits per heavy atom. The molecule has 1 aliphatic rings. The SMILES string of the molecule is C[C@@H]1CN(C(=O)c2ncsc2-c2ccccc2)C[C@H]1C(=O)O. The summed E-state index contributed by atoms with van der Waals surface area (Å²) in [6, 6.07) is 9.64. The molecule has 6 heteroatoms. The second-order valence-corrected chi connectivity index (χ2v) is 6.38. The maximum atomic E-state index is 12.7. The Morgan fingerprint density at radius 1 is 1.27 bits per heavy atom. The van der Waals surface area contributed by atoms with Crippen LogP contribution < -0.4 is 0 Å². The van der Waals surface area contributed by atoms with Crippen LogP contribution in [-0.4, -0.2) is 40.0 Å². The van der Waals surface area contributed by atoms with Crippen molar-refractivity contribution in [1.82, 2.24) is 9.88 Å². The van der Waals surface area contributed by atoms with Gasteiger partial charge in [-0.3, -0.25) is 9.59 Å². The lowest BCUT2D eigenvalue weighted by Gasteiger charge is -2.15. The Balaban J connectivity index is 1.86. The van der Waals surface area contributed by atoms with Crippen LogP contribution in [0.1, 0.15) is 17.4 Å². The Hall–Kier alpha value is -2.21. The number of likely N-dealkylation sites (tertiary alicyclic amines) is 1. The number of aromatic nitrogens is 1. The third-order valence-electron chi connectivity index (χ3n) is 4.02. The number of benzene rings is 1. The van der Waals surface area contributed by atoms with Crippen molar-refractivity contribution in [3.05, 3.63) is 41.5 Å². The first-order valence-electron chi connectivity index (χ1n) is 7.09. The largest absolute Gasteiger partial charge is 0.481 e. The number of hydrogen-bond donors (Lipinski definition) is 1. The lowest BCUT2D eigenvalue weighted by atomic mass is 9.99. The average Bonchev–Trinajstić information content (AvgIpc) is 3.14. The highest BCUT2D eigenvalue weighted by Crippen LogP contribution is 2.31. The number of carbonyl (C=O) groups excluding carboxylic acids is 1. The van der Waals surface area contributed by atoms with Gasteiger partial charge >= 0.3 is 5.97 Å². The van der Waals surface area contributed by atoms with Gasteiger partial charge in [0.1, 0.15) is 5.69 Å². The molecule has 1 aliphatic heterocycles. The van der Waals surface area contributed by atoms with Gasteiger partial charge in [-0.25, -0.2) is 4.98 Å². The molecule has 2 atom stereocenters. The van der Waals surface area contributed by atoms with Crippen molar-refractivity contribution < 1.29 is 14.7 Å². The molecule has 2 aromatic rings. The number of nitrogens with zero attached hydrogens (tertiary/aromatic N) is 2. The summed E-state index contributed by atoms with van der Waals surface area (Å²) in [6.45, 7) is 2.58. The molecule has 1 aromatic heterocycles. The first kappa shape index (κ1) is 14.7. The summed E-state index contributed by atoms with van der Waals surface area (Å²) in [4.78, 5) is 30.5. The van der Waals surface area contributed by atoms with Crippen LogP contribution in [0.25, 0.3) is 10.4 Å². The smallest absolute Gasteiger partial charge is 0.308 e. The van der Waals surface area contributed by atoms with Crippen LogP contribution in [0.5, 0.6) is 0 Å². The van der Waals surface area contributed by atoms with E-state index in [1.54, 1.807) is 10.4 Å². The minimum absolute atomic E-state index is 0.0414. The minimum atomic E-state index is -0.843. The van der Waals surface area contributed by atoms with Crippen LogP contribution >= 0.6 is 11.3 Å². The fourth-order valence-corrected chi connectivity index (χ4v) is 3.58. The van der Waals surface area contributed by atoms with Gasteiger partial charge in [-0.15, -0.1) is 11.3 Å². The normalized spacial score (nSPS) is 21.0. The maximum absolute atomic E-state index is 12.7. The van der Waals surface area contributed by atoms with E-state index in [9.17, 15) is 14.7 Å². The van der Waals surface area contributed by atoms with E-state index in [1.165, 1.54) is 11.3 Å². The zero-order valence-electron chi connectivity index (χ0n) is 12.1. The molecule has 114 valence electrons. The summed E-state index contributed by atoms with van der Waals surface area (Å²) in [6.07, 6.45) is 0.